The van der Waals surface area contributed by atoms with Crippen LogP contribution in [-0.2, 0) is 4.79 Å². The Morgan fingerprint density at radius 1 is 1.42 bits per heavy atom. The van der Waals surface area contributed by atoms with Crippen LogP contribution in [0.1, 0.15) is 12.5 Å². The van der Waals surface area contributed by atoms with Gasteiger partial charge in [-0.25, -0.2) is 4.79 Å². The van der Waals surface area contributed by atoms with Gasteiger partial charge < -0.3 is 10.3 Å². The van der Waals surface area contributed by atoms with Gasteiger partial charge in [-0.3, -0.25) is 14.7 Å². The van der Waals surface area contributed by atoms with Crippen molar-refractivity contribution in [3.8, 4) is 0 Å². The van der Waals surface area contributed by atoms with E-state index in [1.807, 2.05) is 6.07 Å². The molecule has 6 heteroatoms. The topological polar surface area (TPSA) is 78.1 Å². The highest BCUT2D eigenvalue weighted by atomic mass is 16.2. The first kappa shape index (κ1) is 11.5. The molecule has 0 saturated carbocycles. The Morgan fingerprint density at radius 3 is 3.00 bits per heavy atom. The third kappa shape index (κ3) is 1.77. The molecule has 6 nitrogen and oxygen atoms in total. The Bertz CT molecular complexity index is 701. The molecular weight excluding hydrogens is 244 g/mol. The predicted molar refractivity (Wildman–Crippen MR) is 70.0 cm³/mol. The maximum absolute atomic E-state index is 12.0. The SMILES string of the molecule is CCN1C(=O)N/C(=C\c2c[nH]c3cnccc23)C1=O. The summed E-state index contributed by atoms with van der Waals surface area (Å²) in [6.07, 6.45) is 6.86. The zero-order valence-electron chi connectivity index (χ0n) is 10.3. The first-order valence-electron chi connectivity index (χ1n) is 5.96. The number of urea groups is 1. The molecule has 1 aliphatic rings. The summed E-state index contributed by atoms with van der Waals surface area (Å²) in [5.41, 5.74) is 2.03. The third-order valence-corrected chi connectivity index (χ3v) is 3.09. The van der Waals surface area contributed by atoms with E-state index < -0.39 is 0 Å². The molecule has 1 aliphatic heterocycles. The van der Waals surface area contributed by atoms with Gasteiger partial charge in [-0.05, 0) is 19.1 Å². The van der Waals surface area contributed by atoms with Crippen molar-refractivity contribution in [1.29, 1.82) is 0 Å². The molecule has 3 heterocycles. The minimum atomic E-state index is -0.375. The monoisotopic (exact) mass is 256 g/mol. The zero-order chi connectivity index (χ0) is 13.4. The Labute approximate surface area is 109 Å². The fraction of sp³-hybridized carbons (Fsp3) is 0.154. The summed E-state index contributed by atoms with van der Waals surface area (Å²) < 4.78 is 0. The van der Waals surface area contributed by atoms with Crippen LogP contribution in [0.2, 0.25) is 0 Å². The van der Waals surface area contributed by atoms with Crippen molar-refractivity contribution in [3.05, 3.63) is 35.9 Å². The second kappa shape index (κ2) is 4.24. The van der Waals surface area contributed by atoms with Gasteiger partial charge >= 0.3 is 6.03 Å². The Kier molecular flexibility index (Phi) is 2.56. The van der Waals surface area contributed by atoms with Crippen molar-refractivity contribution >= 4 is 28.9 Å². The summed E-state index contributed by atoms with van der Waals surface area (Å²) in [5.74, 6) is -0.295. The molecule has 2 aromatic heterocycles. The van der Waals surface area contributed by atoms with Crippen molar-refractivity contribution in [2.45, 2.75) is 6.92 Å². The number of hydrogen-bond donors (Lipinski definition) is 2. The van der Waals surface area contributed by atoms with E-state index in [0.717, 1.165) is 16.5 Å². The number of aromatic nitrogens is 2. The third-order valence-electron chi connectivity index (χ3n) is 3.09. The minimum absolute atomic E-state index is 0.295. The van der Waals surface area contributed by atoms with Crippen molar-refractivity contribution in [1.82, 2.24) is 20.2 Å². The fourth-order valence-electron chi connectivity index (χ4n) is 2.13. The highest BCUT2D eigenvalue weighted by molar-refractivity contribution is 6.14. The lowest BCUT2D eigenvalue weighted by atomic mass is 10.2. The van der Waals surface area contributed by atoms with Crippen LogP contribution >= 0.6 is 0 Å². The van der Waals surface area contributed by atoms with E-state index >= 15 is 0 Å². The van der Waals surface area contributed by atoms with Crippen molar-refractivity contribution in [2.24, 2.45) is 0 Å². The van der Waals surface area contributed by atoms with Crippen LogP contribution in [0, 0.1) is 0 Å². The second-order valence-electron chi connectivity index (χ2n) is 4.20. The van der Waals surface area contributed by atoms with E-state index in [-0.39, 0.29) is 11.9 Å². The maximum Gasteiger partial charge on any atom is 0.328 e. The smallest absolute Gasteiger partial charge is 0.328 e. The second-order valence-corrected chi connectivity index (χ2v) is 4.20. The molecule has 2 N–H and O–H groups in total. The zero-order valence-corrected chi connectivity index (χ0v) is 10.3. The lowest BCUT2D eigenvalue weighted by molar-refractivity contribution is -0.122. The highest BCUT2D eigenvalue weighted by Gasteiger charge is 2.32. The number of imide groups is 1. The Balaban J connectivity index is 2.03. The van der Waals surface area contributed by atoms with Gasteiger partial charge in [0.1, 0.15) is 5.70 Å². The van der Waals surface area contributed by atoms with Crippen molar-refractivity contribution in [3.63, 3.8) is 0 Å². The molecule has 0 spiro atoms. The summed E-state index contributed by atoms with van der Waals surface area (Å²) in [7, 11) is 0. The van der Waals surface area contributed by atoms with E-state index in [1.54, 1.807) is 31.6 Å². The molecule has 2 aromatic rings. The van der Waals surface area contributed by atoms with Crippen LogP contribution in [0.4, 0.5) is 4.79 Å². The van der Waals surface area contributed by atoms with E-state index in [0.29, 0.717) is 12.2 Å². The van der Waals surface area contributed by atoms with Gasteiger partial charge in [0, 0.05) is 29.9 Å². The molecule has 96 valence electrons. The number of hydrogen-bond acceptors (Lipinski definition) is 3. The Morgan fingerprint density at radius 2 is 2.26 bits per heavy atom. The van der Waals surface area contributed by atoms with Crippen LogP contribution in [-0.4, -0.2) is 33.4 Å². The summed E-state index contributed by atoms with van der Waals surface area (Å²) >= 11 is 0. The minimum Gasteiger partial charge on any atom is -0.359 e. The van der Waals surface area contributed by atoms with Crippen molar-refractivity contribution < 1.29 is 9.59 Å². The van der Waals surface area contributed by atoms with E-state index in [4.69, 9.17) is 0 Å². The average Bonchev–Trinajstić information content (AvgIpc) is 2.93. The predicted octanol–water partition coefficient (Wildman–Crippen LogP) is 1.48. The fourth-order valence-corrected chi connectivity index (χ4v) is 2.13. The summed E-state index contributed by atoms with van der Waals surface area (Å²) in [4.78, 5) is 31.8. The van der Waals surface area contributed by atoms with Gasteiger partial charge in [0.15, 0.2) is 0 Å². The van der Waals surface area contributed by atoms with E-state index in [9.17, 15) is 9.59 Å². The Hall–Kier alpha value is -2.63. The number of nitrogens with one attached hydrogen (secondary N) is 2. The first-order valence-corrected chi connectivity index (χ1v) is 5.96. The lowest BCUT2D eigenvalue weighted by Crippen LogP contribution is -2.30. The molecule has 0 bridgehead atoms. The molecule has 3 rings (SSSR count). The van der Waals surface area contributed by atoms with Gasteiger partial charge in [-0.2, -0.15) is 0 Å². The number of carbonyl (C=O) groups is 2. The van der Waals surface area contributed by atoms with Gasteiger partial charge in [0.25, 0.3) is 5.91 Å². The van der Waals surface area contributed by atoms with E-state index in [2.05, 4.69) is 15.3 Å². The van der Waals surface area contributed by atoms with Crippen molar-refractivity contribution in [2.75, 3.05) is 6.54 Å². The number of H-pyrrole nitrogens is 1. The standard InChI is InChI=1S/C13H12N4O2/c1-2-17-12(18)10(16-13(17)19)5-8-6-15-11-7-14-4-3-9(8)11/h3-7,15H,2H2,1H3,(H,16,19)/b10-5-. The van der Waals surface area contributed by atoms with Gasteiger partial charge in [0.05, 0.1) is 11.7 Å². The van der Waals surface area contributed by atoms with Crippen LogP contribution in [0.5, 0.6) is 0 Å². The number of likely N-dealkylation sites (N-methyl/N-ethyl adjacent to an activating group) is 1. The first-order chi connectivity index (χ1) is 9.20. The molecule has 19 heavy (non-hydrogen) atoms. The van der Waals surface area contributed by atoms with E-state index in [1.165, 1.54) is 4.90 Å². The van der Waals surface area contributed by atoms with Crippen LogP contribution < -0.4 is 5.32 Å². The quantitative estimate of drug-likeness (QED) is 0.631. The normalized spacial score (nSPS) is 17.5. The molecule has 0 atom stereocenters. The number of nitrogens with zero attached hydrogens (tertiary/aromatic N) is 2. The largest absolute Gasteiger partial charge is 0.359 e. The molecule has 0 unspecified atom stereocenters. The number of fused-ring (bicyclic) bond motifs is 1. The average molecular weight is 256 g/mol. The molecule has 0 aliphatic carbocycles. The van der Waals surface area contributed by atoms with Crippen LogP contribution in [0.15, 0.2) is 30.4 Å². The van der Waals surface area contributed by atoms with Crippen LogP contribution in [0.25, 0.3) is 17.0 Å². The number of carbonyl (C=O) groups excluding carboxylic acids is 2. The number of pyridine rings is 1. The summed E-state index contributed by atoms with van der Waals surface area (Å²) in [6, 6.07) is 1.48. The van der Waals surface area contributed by atoms with Gasteiger partial charge in [-0.1, -0.05) is 0 Å². The number of rotatable bonds is 2. The van der Waals surface area contributed by atoms with Gasteiger partial charge in [-0.15, -0.1) is 0 Å². The number of amides is 3. The maximum atomic E-state index is 12.0. The lowest BCUT2D eigenvalue weighted by Gasteiger charge is -2.05. The van der Waals surface area contributed by atoms with Crippen LogP contribution in [0.3, 0.4) is 0 Å². The molecule has 1 fully saturated rings. The van der Waals surface area contributed by atoms with Gasteiger partial charge in [0.2, 0.25) is 0 Å². The number of aromatic amines is 1. The molecule has 3 amide bonds. The highest BCUT2D eigenvalue weighted by Crippen LogP contribution is 2.21. The summed E-state index contributed by atoms with van der Waals surface area (Å²) in [6.45, 7) is 2.12. The molecular formula is C13H12N4O2. The molecule has 0 radical (unpaired) electrons. The summed E-state index contributed by atoms with van der Waals surface area (Å²) in [5, 5.41) is 3.53. The molecule has 1 saturated heterocycles. The molecule has 0 aromatic carbocycles.